The van der Waals surface area contributed by atoms with Crippen molar-refractivity contribution >= 4 is 23.4 Å². The van der Waals surface area contributed by atoms with Crippen LogP contribution in [0.4, 0.5) is 0 Å². The van der Waals surface area contributed by atoms with Gasteiger partial charge in [0.1, 0.15) is 11.4 Å². The first-order valence-electron chi connectivity index (χ1n) is 3.77. The first-order chi connectivity index (χ1) is 6.91. The average molecular weight is 247 g/mol. The number of thiocyanates is 1. The van der Waals surface area contributed by atoms with E-state index in [1.165, 1.54) is 6.08 Å². The van der Waals surface area contributed by atoms with Gasteiger partial charge >= 0.3 is 5.66 Å². The predicted octanol–water partition coefficient (Wildman–Crippen LogP) is 0.480. The normalized spacial score (nSPS) is 30.1. The standard InChI is InChI=1S/C7H7ClN4O2S/c8-4-2-7(11,12(13)14)6(10)1-5(4)15-3-9/h1-2,6H,10-11H2. The summed E-state index contributed by atoms with van der Waals surface area (Å²) in [5.41, 5.74) is 9.09. The number of nitrogens with two attached hydrogens (primary N) is 2. The van der Waals surface area contributed by atoms with Gasteiger partial charge in [0.25, 0.3) is 0 Å². The Morgan fingerprint density at radius 3 is 2.87 bits per heavy atom. The van der Waals surface area contributed by atoms with E-state index in [1.54, 1.807) is 5.40 Å². The molecule has 0 aromatic carbocycles. The van der Waals surface area contributed by atoms with E-state index in [1.807, 2.05) is 0 Å². The summed E-state index contributed by atoms with van der Waals surface area (Å²) in [5, 5.41) is 21.0. The Morgan fingerprint density at radius 2 is 2.40 bits per heavy atom. The lowest BCUT2D eigenvalue weighted by Gasteiger charge is -2.25. The number of halogens is 1. The molecule has 1 aliphatic rings. The summed E-state index contributed by atoms with van der Waals surface area (Å²) < 4.78 is 0. The Labute approximate surface area is 94.7 Å². The summed E-state index contributed by atoms with van der Waals surface area (Å²) in [7, 11) is 0. The zero-order valence-electron chi connectivity index (χ0n) is 7.38. The fourth-order valence-electron chi connectivity index (χ4n) is 1.05. The monoisotopic (exact) mass is 246 g/mol. The van der Waals surface area contributed by atoms with Crippen LogP contribution in [0.3, 0.4) is 0 Å². The van der Waals surface area contributed by atoms with Crippen molar-refractivity contribution in [1.82, 2.24) is 0 Å². The van der Waals surface area contributed by atoms with Gasteiger partial charge in [-0.25, -0.2) is 0 Å². The first-order valence-corrected chi connectivity index (χ1v) is 4.96. The van der Waals surface area contributed by atoms with Crippen molar-refractivity contribution in [3.8, 4) is 5.40 Å². The molecule has 0 fully saturated rings. The van der Waals surface area contributed by atoms with Gasteiger partial charge in [-0.1, -0.05) is 11.6 Å². The van der Waals surface area contributed by atoms with E-state index >= 15 is 0 Å². The third-order valence-corrected chi connectivity index (χ3v) is 3.02. The van der Waals surface area contributed by atoms with Crippen molar-refractivity contribution in [3.63, 3.8) is 0 Å². The zero-order chi connectivity index (χ0) is 11.6. The molecule has 0 bridgehead atoms. The zero-order valence-corrected chi connectivity index (χ0v) is 8.96. The lowest BCUT2D eigenvalue weighted by atomic mass is 9.97. The molecule has 2 unspecified atom stereocenters. The molecule has 2 atom stereocenters. The third kappa shape index (κ3) is 2.13. The fourth-order valence-corrected chi connectivity index (χ4v) is 1.88. The van der Waals surface area contributed by atoms with Gasteiger partial charge in [-0.15, -0.1) is 0 Å². The Balaban J connectivity index is 3.09. The highest BCUT2D eigenvalue weighted by atomic mass is 35.5. The Hall–Kier alpha value is -1.07. The van der Waals surface area contributed by atoms with Crippen LogP contribution in [0.15, 0.2) is 22.1 Å². The van der Waals surface area contributed by atoms with Crippen LogP contribution in [0.25, 0.3) is 0 Å². The first kappa shape index (κ1) is 12.0. The van der Waals surface area contributed by atoms with Gasteiger partial charge in [0, 0.05) is 15.9 Å². The van der Waals surface area contributed by atoms with Crippen molar-refractivity contribution in [1.29, 1.82) is 5.26 Å². The minimum absolute atomic E-state index is 0.0717. The molecule has 0 heterocycles. The van der Waals surface area contributed by atoms with E-state index in [0.29, 0.717) is 4.91 Å². The van der Waals surface area contributed by atoms with Crippen LogP contribution >= 0.6 is 23.4 Å². The van der Waals surface area contributed by atoms with Crippen molar-refractivity contribution in [2.45, 2.75) is 11.7 Å². The average Bonchev–Trinajstić information content (AvgIpc) is 2.14. The maximum atomic E-state index is 10.7. The second kappa shape index (κ2) is 4.20. The molecule has 0 amide bonds. The van der Waals surface area contributed by atoms with E-state index in [-0.39, 0.29) is 5.03 Å². The van der Waals surface area contributed by atoms with Crippen LogP contribution in [0.5, 0.6) is 0 Å². The van der Waals surface area contributed by atoms with E-state index in [4.69, 9.17) is 28.3 Å². The molecule has 1 rings (SSSR count). The summed E-state index contributed by atoms with van der Waals surface area (Å²) in [6, 6.07) is -1.01. The minimum Gasteiger partial charge on any atom is -0.317 e. The van der Waals surface area contributed by atoms with Crippen LogP contribution in [0.1, 0.15) is 0 Å². The smallest absolute Gasteiger partial charge is 0.311 e. The number of allylic oxidation sites excluding steroid dienone is 1. The van der Waals surface area contributed by atoms with Gasteiger partial charge < -0.3 is 5.73 Å². The SMILES string of the molecule is N#CSC1=CC(N)C(N)([N+](=O)[O-])C=C1Cl. The number of nitro groups is 1. The van der Waals surface area contributed by atoms with Gasteiger partial charge in [-0.05, 0) is 17.8 Å². The fraction of sp³-hybridized carbons (Fsp3) is 0.286. The van der Waals surface area contributed by atoms with E-state index in [2.05, 4.69) is 0 Å². The van der Waals surface area contributed by atoms with Crippen LogP contribution in [-0.2, 0) is 0 Å². The molecule has 0 aromatic rings. The third-order valence-electron chi connectivity index (χ3n) is 1.93. The van der Waals surface area contributed by atoms with Crippen molar-refractivity contribution < 1.29 is 4.92 Å². The molecule has 15 heavy (non-hydrogen) atoms. The van der Waals surface area contributed by atoms with Crippen LogP contribution in [-0.4, -0.2) is 16.6 Å². The minimum atomic E-state index is -1.91. The number of nitrogens with zero attached hydrogens (tertiary/aromatic N) is 2. The van der Waals surface area contributed by atoms with Crippen LogP contribution in [0.2, 0.25) is 0 Å². The topological polar surface area (TPSA) is 119 Å². The van der Waals surface area contributed by atoms with E-state index in [0.717, 1.165) is 17.8 Å². The molecule has 0 aromatic heterocycles. The van der Waals surface area contributed by atoms with Gasteiger partial charge in [-0.3, -0.25) is 15.8 Å². The summed E-state index contributed by atoms with van der Waals surface area (Å²) in [6.45, 7) is 0. The molecule has 0 aliphatic heterocycles. The maximum absolute atomic E-state index is 10.7. The molecule has 1 aliphatic carbocycles. The lowest BCUT2D eigenvalue weighted by Crippen LogP contribution is -2.59. The number of nitriles is 1. The largest absolute Gasteiger partial charge is 0.317 e. The van der Waals surface area contributed by atoms with Crippen molar-refractivity contribution in [2.24, 2.45) is 11.5 Å². The van der Waals surface area contributed by atoms with Gasteiger partial charge in [0.05, 0.1) is 5.03 Å². The molecular formula is C7H7ClN4O2S. The predicted molar refractivity (Wildman–Crippen MR) is 57.1 cm³/mol. The molecule has 0 saturated heterocycles. The van der Waals surface area contributed by atoms with Gasteiger partial charge in [-0.2, -0.15) is 5.26 Å². The Kier molecular flexibility index (Phi) is 3.36. The van der Waals surface area contributed by atoms with Gasteiger partial charge in [0.2, 0.25) is 0 Å². The van der Waals surface area contributed by atoms with Crippen LogP contribution < -0.4 is 11.5 Å². The van der Waals surface area contributed by atoms with E-state index < -0.39 is 16.6 Å². The molecule has 0 radical (unpaired) electrons. The van der Waals surface area contributed by atoms with Crippen molar-refractivity contribution in [2.75, 3.05) is 0 Å². The summed E-state index contributed by atoms with van der Waals surface area (Å²) in [5.74, 6) is 0. The van der Waals surface area contributed by atoms with Crippen molar-refractivity contribution in [3.05, 3.63) is 32.2 Å². The molecular weight excluding hydrogens is 240 g/mol. The van der Waals surface area contributed by atoms with E-state index in [9.17, 15) is 10.1 Å². The molecule has 8 heteroatoms. The number of hydrogen-bond acceptors (Lipinski definition) is 6. The lowest BCUT2D eigenvalue weighted by molar-refractivity contribution is -0.555. The molecule has 6 nitrogen and oxygen atoms in total. The number of rotatable bonds is 2. The highest BCUT2D eigenvalue weighted by Gasteiger charge is 2.45. The number of thioether (sulfide) groups is 1. The Bertz CT molecular complexity index is 402. The summed E-state index contributed by atoms with van der Waals surface area (Å²) >= 11 is 6.52. The quantitative estimate of drug-likeness (QED) is 0.317. The second-order valence-electron chi connectivity index (χ2n) is 2.89. The van der Waals surface area contributed by atoms with Gasteiger partial charge in [0.15, 0.2) is 0 Å². The molecule has 80 valence electrons. The highest BCUT2D eigenvalue weighted by Crippen LogP contribution is 2.33. The highest BCUT2D eigenvalue weighted by molar-refractivity contribution is 8.07. The maximum Gasteiger partial charge on any atom is 0.311 e. The second-order valence-corrected chi connectivity index (χ2v) is 4.12. The molecule has 0 saturated carbocycles. The van der Waals surface area contributed by atoms with Crippen LogP contribution in [0, 0.1) is 20.8 Å². The Morgan fingerprint density at radius 1 is 1.80 bits per heavy atom. The summed E-state index contributed by atoms with van der Waals surface area (Å²) in [4.78, 5) is 10.4. The molecule has 0 spiro atoms. The number of hydrogen-bond donors (Lipinski definition) is 2. The summed E-state index contributed by atoms with van der Waals surface area (Å²) in [6.07, 6.45) is 2.37. The molecule has 4 N–H and O–H groups in total.